The molecule has 2 rings (SSSR count). The third kappa shape index (κ3) is 2.33. The highest BCUT2D eigenvalue weighted by atomic mass is 32.2. The molecule has 0 saturated carbocycles. The number of anilines is 1. The second-order valence-corrected chi connectivity index (χ2v) is 5.91. The zero-order valence-electron chi connectivity index (χ0n) is 10.8. The van der Waals surface area contributed by atoms with E-state index < -0.39 is 4.75 Å². The van der Waals surface area contributed by atoms with E-state index in [0.717, 1.165) is 10.6 Å². The van der Waals surface area contributed by atoms with Crippen molar-refractivity contribution < 1.29 is 14.7 Å². The standard InChI is InChI=1S/C13H16N2O3S/c1-13(11(17)14-7-8-16)12(18)15(2)9-5-3-4-6-10(9)19-13/h3-6,16H,7-8H2,1-2H3,(H,14,17). The van der Waals surface area contributed by atoms with Gasteiger partial charge in [0.2, 0.25) is 5.91 Å². The number of amides is 2. The number of hydrogen-bond acceptors (Lipinski definition) is 4. The molecule has 2 N–H and O–H groups in total. The molecular formula is C13H16N2O3S. The zero-order valence-corrected chi connectivity index (χ0v) is 11.7. The largest absolute Gasteiger partial charge is 0.395 e. The molecule has 102 valence electrons. The minimum absolute atomic E-state index is 0.146. The summed E-state index contributed by atoms with van der Waals surface area (Å²) in [6, 6.07) is 7.48. The molecule has 0 bridgehead atoms. The normalized spacial score (nSPS) is 22.1. The minimum atomic E-state index is -1.20. The fourth-order valence-electron chi connectivity index (χ4n) is 2.00. The van der Waals surface area contributed by atoms with E-state index >= 15 is 0 Å². The van der Waals surface area contributed by atoms with E-state index in [1.807, 2.05) is 24.3 Å². The van der Waals surface area contributed by atoms with E-state index in [2.05, 4.69) is 5.32 Å². The minimum Gasteiger partial charge on any atom is -0.395 e. The van der Waals surface area contributed by atoms with Crippen LogP contribution in [0.1, 0.15) is 6.92 Å². The number of carbonyl (C=O) groups is 2. The number of para-hydroxylation sites is 1. The summed E-state index contributed by atoms with van der Waals surface area (Å²) in [4.78, 5) is 26.9. The van der Waals surface area contributed by atoms with Crippen LogP contribution in [0.2, 0.25) is 0 Å². The van der Waals surface area contributed by atoms with Gasteiger partial charge >= 0.3 is 0 Å². The average molecular weight is 280 g/mol. The molecule has 1 aliphatic heterocycles. The van der Waals surface area contributed by atoms with Crippen molar-refractivity contribution in [2.45, 2.75) is 16.6 Å². The molecule has 1 atom stereocenters. The van der Waals surface area contributed by atoms with Crippen LogP contribution in [-0.2, 0) is 9.59 Å². The fourth-order valence-corrected chi connectivity index (χ4v) is 3.28. The first-order valence-electron chi connectivity index (χ1n) is 5.96. The molecule has 1 aromatic rings. The summed E-state index contributed by atoms with van der Waals surface area (Å²) < 4.78 is -1.20. The van der Waals surface area contributed by atoms with Gasteiger partial charge < -0.3 is 15.3 Å². The van der Waals surface area contributed by atoms with Crippen LogP contribution in [0.3, 0.4) is 0 Å². The zero-order chi connectivity index (χ0) is 14.0. The van der Waals surface area contributed by atoms with Gasteiger partial charge in [-0.15, -0.1) is 0 Å². The quantitative estimate of drug-likeness (QED) is 0.797. The molecule has 1 aliphatic rings. The van der Waals surface area contributed by atoms with Crippen LogP contribution in [0.15, 0.2) is 29.2 Å². The number of aliphatic hydroxyl groups excluding tert-OH is 1. The third-order valence-corrected chi connectivity index (χ3v) is 4.42. The van der Waals surface area contributed by atoms with Crippen molar-refractivity contribution in [3.8, 4) is 0 Å². The fraction of sp³-hybridized carbons (Fsp3) is 0.385. The van der Waals surface area contributed by atoms with Crippen molar-refractivity contribution >= 4 is 29.3 Å². The number of aliphatic hydroxyl groups is 1. The number of thioether (sulfide) groups is 1. The number of rotatable bonds is 3. The first-order valence-corrected chi connectivity index (χ1v) is 6.77. The molecular weight excluding hydrogens is 264 g/mol. The summed E-state index contributed by atoms with van der Waals surface area (Å²) in [5.74, 6) is -0.635. The van der Waals surface area contributed by atoms with Gasteiger partial charge in [0.05, 0.1) is 12.3 Å². The van der Waals surface area contributed by atoms with Crippen LogP contribution < -0.4 is 10.2 Å². The first-order chi connectivity index (χ1) is 9.00. The van der Waals surface area contributed by atoms with E-state index in [1.165, 1.54) is 16.7 Å². The van der Waals surface area contributed by atoms with E-state index in [-0.39, 0.29) is 25.0 Å². The summed E-state index contributed by atoms with van der Waals surface area (Å²) in [5.41, 5.74) is 0.810. The Hall–Kier alpha value is -1.53. The molecule has 19 heavy (non-hydrogen) atoms. The molecule has 0 saturated heterocycles. The monoisotopic (exact) mass is 280 g/mol. The van der Waals surface area contributed by atoms with Crippen molar-refractivity contribution in [1.29, 1.82) is 0 Å². The Kier molecular flexibility index (Phi) is 3.82. The summed E-state index contributed by atoms with van der Waals surface area (Å²) in [5, 5.41) is 11.3. The average Bonchev–Trinajstić information content (AvgIpc) is 2.42. The van der Waals surface area contributed by atoms with Crippen LogP contribution in [0.4, 0.5) is 5.69 Å². The molecule has 0 aromatic heterocycles. The highest BCUT2D eigenvalue weighted by Gasteiger charge is 2.47. The van der Waals surface area contributed by atoms with E-state index in [9.17, 15) is 9.59 Å². The van der Waals surface area contributed by atoms with Gasteiger partial charge in [-0.2, -0.15) is 0 Å². The Labute approximate surface area is 116 Å². The summed E-state index contributed by atoms with van der Waals surface area (Å²) in [6.45, 7) is 1.61. The topological polar surface area (TPSA) is 69.6 Å². The second kappa shape index (κ2) is 5.22. The van der Waals surface area contributed by atoms with E-state index in [1.54, 1.807) is 14.0 Å². The first kappa shape index (κ1) is 13.9. The Balaban J connectivity index is 2.34. The number of benzene rings is 1. The number of hydrogen-bond donors (Lipinski definition) is 2. The van der Waals surface area contributed by atoms with Crippen molar-refractivity contribution in [3.05, 3.63) is 24.3 Å². The van der Waals surface area contributed by atoms with Gasteiger partial charge in [-0.1, -0.05) is 23.9 Å². The number of nitrogens with one attached hydrogen (secondary N) is 1. The number of fused-ring (bicyclic) bond motifs is 1. The van der Waals surface area contributed by atoms with Crippen LogP contribution in [-0.4, -0.2) is 41.9 Å². The van der Waals surface area contributed by atoms with Crippen LogP contribution in [0, 0.1) is 0 Å². The number of carbonyl (C=O) groups excluding carboxylic acids is 2. The summed E-state index contributed by atoms with van der Waals surface area (Å²) in [6.07, 6.45) is 0. The second-order valence-electron chi connectivity index (χ2n) is 4.45. The lowest BCUT2D eigenvalue weighted by Crippen LogP contribution is -2.55. The molecule has 1 unspecified atom stereocenters. The van der Waals surface area contributed by atoms with E-state index in [4.69, 9.17) is 5.11 Å². The van der Waals surface area contributed by atoms with Gasteiger partial charge in [-0.3, -0.25) is 9.59 Å². The Morgan fingerprint density at radius 3 is 2.84 bits per heavy atom. The number of nitrogens with zero attached hydrogens (tertiary/aromatic N) is 1. The van der Waals surface area contributed by atoms with Gasteiger partial charge in [0, 0.05) is 18.5 Å². The molecule has 2 amide bonds. The molecule has 0 radical (unpaired) electrons. The molecule has 0 spiro atoms. The molecule has 1 heterocycles. The van der Waals surface area contributed by atoms with Crippen LogP contribution in [0.5, 0.6) is 0 Å². The van der Waals surface area contributed by atoms with E-state index in [0.29, 0.717) is 0 Å². The Bertz CT molecular complexity index is 520. The van der Waals surface area contributed by atoms with Crippen LogP contribution >= 0.6 is 11.8 Å². The molecule has 0 aliphatic carbocycles. The smallest absolute Gasteiger partial charge is 0.252 e. The lowest BCUT2D eigenvalue weighted by atomic mass is 10.1. The van der Waals surface area contributed by atoms with Gasteiger partial charge in [0.25, 0.3) is 5.91 Å². The SMILES string of the molecule is CN1C(=O)C(C)(C(=O)NCCO)Sc2ccccc21. The highest BCUT2D eigenvalue weighted by molar-refractivity contribution is 8.02. The van der Waals surface area contributed by atoms with Crippen molar-refractivity contribution in [2.24, 2.45) is 0 Å². The Morgan fingerprint density at radius 1 is 1.47 bits per heavy atom. The summed E-state index contributed by atoms with van der Waals surface area (Å²) >= 11 is 1.24. The highest BCUT2D eigenvalue weighted by Crippen LogP contribution is 2.44. The predicted octanol–water partition coefficient (Wildman–Crippen LogP) is 0.622. The molecule has 1 aromatic carbocycles. The molecule has 0 fully saturated rings. The van der Waals surface area contributed by atoms with Crippen molar-refractivity contribution in [2.75, 3.05) is 25.1 Å². The Morgan fingerprint density at radius 2 is 2.16 bits per heavy atom. The van der Waals surface area contributed by atoms with Crippen LogP contribution in [0.25, 0.3) is 0 Å². The van der Waals surface area contributed by atoms with Gasteiger partial charge in [-0.05, 0) is 19.1 Å². The third-order valence-electron chi connectivity index (χ3n) is 3.08. The molecule has 5 nitrogen and oxygen atoms in total. The van der Waals surface area contributed by atoms with Crippen molar-refractivity contribution in [1.82, 2.24) is 5.32 Å². The maximum atomic E-state index is 12.4. The molecule has 6 heteroatoms. The van der Waals surface area contributed by atoms with Crippen molar-refractivity contribution in [3.63, 3.8) is 0 Å². The predicted molar refractivity (Wildman–Crippen MR) is 74.2 cm³/mol. The van der Waals surface area contributed by atoms with Gasteiger partial charge in [0.15, 0.2) is 4.75 Å². The summed E-state index contributed by atoms with van der Waals surface area (Å²) in [7, 11) is 1.67. The lowest BCUT2D eigenvalue weighted by Gasteiger charge is -2.36. The maximum Gasteiger partial charge on any atom is 0.252 e. The maximum absolute atomic E-state index is 12.4. The lowest BCUT2D eigenvalue weighted by molar-refractivity contribution is -0.131. The van der Waals surface area contributed by atoms with Gasteiger partial charge in [0.1, 0.15) is 0 Å². The van der Waals surface area contributed by atoms with Gasteiger partial charge in [-0.25, -0.2) is 0 Å².